The molecule has 0 aliphatic carbocycles. The van der Waals surface area contributed by atoms with Gasteiger partial charge in [-0.15, -0.1) is 0 Å². The summed E-state index contributed by atoms with van der Waals surface area (Å²) in [5.74, 6) is 0.401. The summed E-state index contributed by atoms with van der Waals surface area (Å²) in [5.41, 5.74) is 7.78. The van der Waals surface area contributed by atoms with Gasteiger partial charge in [0.05, 0.1) is 18.7 Å². The molecule has 0 aromatic heterocycles. The maximum atomic E-state index is 13.0. The number of carbonyl (C=O) groups excluding carboxylic acids is 2. The molecule has 2 aromatic carbocycles. The smallest absolute Gasteiger partial charge is 0.276 e. The van der Waals surface area contributed by atoms with Crippen molar-refractivity contribution >= 4 is 23.6 Å². The minimum atomic E-state index is -0.488. The summed E-state index contributed by atoms with van der Waals surface area (Å²) in [5, 5.41) is 5.74. The van der Waals surface area contributed by atoms with Crippen LogP contribution in [0, 0.1) is 0 Å². The van der Waals surface area contributed by atoms with Gasteiger partial charge in [0.2, 0.25) is 5.91 Å². The average molecular weight is 419 g/mol. The summed E-state index contributed by atoms with van der Waals surface area (Å²) in [6.45, 7) is 6.50. The van der Waals surface area contributed by atoms with E-state index in [4.69, 9.17) is 15.2 Å². The van der Waals surface area contributed by atoms with E-state index in [0.29, 0.717) is 36.0 Å². The van der Waals surface area contributed by atoms with E-state index < -0.39 is 5.91 Å². The SMILES string of the molecule is C=CCOc1ccc(/C=C2\C(=O)N(CCC(N)=O)N=C2c2ccccc2)cc1OCC. The van der Waals surface area contributed by atoms with Crippen LogP contribution in [-0.2, 0) is 9.59 Å². The summed E-state index contributed by atoms with van der Waals surface area (Å²) in [6, 6.07) is 14.9. The van der Waals surface area contributed by atoms with Gasteiger partial charge in [0.25, 0.3) is 5.91 Å². The molecule has 1 aliphatic rings. The number of primary amides is 1. The van der Waals surface area contributed by atoms with Crippen LogP contribution in [0.5, 0.6) is 11.5 Å². The molecule has 0 fully saturated rings. The third-order valence-corrected chi connectivity index (χ3v) is 4.49. The molecule has 7 nitrogen and oxygen atoms in total. The third kappa shape index (κ3) is 5.39. The highest BCUT2D eigenvalue weighted by atomic mass is 16.5. The van der Waals surface area contributed by atoms with Crippen molar-refractivity contribution in [3.8, 4) is 11.5 Å². The van der Waals surface area contributed by atoms with E-state index in [1.165, 1.54) is 5.01 Å². The number of carbonyl (C=O) groups is 2. The Kier molecular flexibility index (Phi) is 7.22. The molecule has 3 rings (SSSR count). The van der Waals surface area contributed by atoms with Crippen LogP contribution in [0.25, 0.3) is 6.08 Å². The van der Waals surface area contributed by atoms with Gasteiger partial charge < -0.3 is 15.2 Å². The Labute approximate surface area is 181 Å². The van der Waals surface area contributed by atoms with E-state index >= 15 is 0 Å². The van der Waals surface area contributed by atoms with Crippen LogP contribution < -0.4 is 15.2 Å². The lowest BCUT2D eigenvalue weighted by Gasteiger charge is -2.12. The van der Waals surface area contributed by atoms with Gasteiger partial charge in [-0.25, -0.2) is 5.01 Å². The molecule has 0 unspecified atom stereocenters. The van der Waals surface area contributed by atoms with Crippen molar-refractivity contribution in [1.82, 2.24) is 5.01 Å². The van der Waals surface area contributed by atoms with Gasteiger partial charge in [0.1, 0.15) is 12.3 Å². The molecule has 2 aromatic rings. The van der Waals surface area contributed by atoms with Crippen molar-refractivity contribution in [1.29, 1.82) is 0 Å². The number of amides is 2. The van der Waals surface area contributed by atoms with Gasteiger partial charge in [-0.05, 0) is 30.7 Å². The molecule has 2 N–H and O–H groups in total. The van der Waals surface area contributed by atoms with Crippen molar-refractivity contribution < 1.29 is 19.1 Å². The predicted molar refractivity (Wildman–Crippen MR) is 120 cm³/mol. The van der Waals surface area contributed by atoms with Gasteiger partial charge >= 0.3 is 0 Å². The van der Waals surface area contributed by atoms with Crippen LogP contribution in [0.15, 0.2) is 71.9 Å². The van der Waals surface area contributed by atoms with E-state index in [1.54, 1.807) is 18.2 Å². The molecule has 160 valence electrons. The van der Waals surface area contributed by atoms with Gasteiger partial charge in [0.15, 0.2) is 11.5 Å². The lowest BCUT2D eigenvalue weighted by atomic mass is 10.00. The fourth-order valence-electron chi connectivity index (χ4n) is 3.08. The molecule has 7 heteroatoms. The van der Waals surface area contributed by atoms with Crippen LogP contribution in [-0.4, -0.2) is 42.3 Å². The zero-order valence-electron chi connectivity index (χ0n) is 17.4. The van der Waals surface area contributed by atoms with Gasteiger partial charge in [-0.3, -0.25) is 9.59 Å². The molecule has 0 radical (unpaired) electrons. The lowest BCUT2D eigenvalue weighted by molar-refractivity contribution is -0.126. The van der Waals surface area contributed by atoms with Crippen molar-refractivity contribution in [2.24, 2.45) is 10.8 Å². The Balaban J connectivity index is 1.98. The second-order valence-electron chi connectivity index (χ2n) is 6.76. The standard InChI is InChI=1S/C24H25N3O4/c1-3-14-31-20-11-10-17(16-21(20)30-4-2)15-19-23(18-8-6-5-7-9-18)26-27(24(19)29)13-12-22(25)28/h3,5-11,15-16H,1,4,12-14H2,2H3,(H2,25,28)/b19-15-. The topological polar surface area (TPSA) is 94.2 Å². The molecule has 1 aliphatic heterocycles. The summed E-state index contributed by atoms with van der Waals surface area (Å²) in [7, 11) is 0. The Morgan fingerprint density at radius 1 is 1.16 bits per heavy atom. The number of nitrogens with zero attached hydrogens (tertiary/aromatic N) is 2. The van der Waals surface area contributed by atoms with E-state index in [1.807, 2.05) is 49.4 Å². The Hall–Kier alpha value is -3.87. The van der Waals surface area contributed by atoms with Crippen molar-refractivity contribution in [2.75, 3.05) is 19.8 Å². The first kappa shape index (κ1) is 21.8. The molecular formula is C24H25N3O4. The fourth-order valence-corrected chi connectivity index (χ4v) is 3.08. The number of hydrogen-bond acceptors (Lipinski definition) is 5. The number of rotatable bonds is 10. The fraction of sp³-hybridized carbons (Fsp3) is 0.208. The first-order valence-electron chi connectivity index (χ1n) is 10.00. The van der Waals surface area contributed by atoms with Crippen LogP contribution in [0.1, 0.15) is 24.5 Å². The molecule has 0 spiro atoms. The molecule has 0 bridgehead atoms. The first-order chi connectivity index (χ1) is 15.0. The molecule has 1 heterocycles. The highest BCUT2D eigenvalue weighted by Gasteiger charge is 2.31. The second kappa shape index (κ2) is 10.2. The Morgan fingerprint density at radius 3 is 2.61 bits per heavy atom. The van der Waals surface area contributed by atoms with Gasteiger partial charge in [-0.1, -0.05) is 49.1 Å². The minimum absolute atomic E-state index is 0.0361. The zero-order valence-corrected chi connectivity index (χ0v) is 17.4. The zero-order chi connectivity index (χ0) is 22.2. The summed E-state index contributed by atoms with van der Waals surface area (Å²) < 4.78 is 11.3. The number of hydrazone groups is 1. The van der Waals surface area contributed by atoms with Crippen LogP contribution in [0.4, 0.5) is 0 Å². The van der Waals surface area contributed by atoms with Crippen LogP contribution in [0.3, 0.4) is 0 Å². The van der Waals surface area contributed by atoms with Crippen molar-refractivity contribution in [3.63, 3.8) is 0 Å². The quantitative estimate of drug-likeness (QED) is 0.473. The lowest BCUT2D eigenvalue weighted by Crippen LogP contribution is -2.26. The maximum absolute atomic E-state index is 13.0. The maximum Gasteiger partial charge on any atom is 0.276 e. The normalized spacial score (nSPS) is 14.5. The van der Waals surface area contributed by atoms with Crippen molar-refractivity contribution in [3.05, 3.63) is 77.9 Å². The number of hydrogen-bond donors (Lipinski definition) is 1. The molecular weight excluding hydrogens is 394 g/mol. The molecule has 0 saturated heterocycles. The highest BCUT2D eigenvalue weighted by Crippen LogP contribution is 2.31. The van der Waals surface area contributed by atoms with E-state index in [9.17, 15) is 9.59 Å². The molecule has 31 heavy (non-hydrogen) atoms. The van der Waals surface area contributed by atoms with E-state index in [0.717, 1.165) is 11.1 Å². The third-order valence-electron chi connectivity index (χ3n) is 4.49. The Bertz CT molecular complexity index is 1030. The summed E-state index contributed by atoms with van der Waals surface area (Å²) in [4.78, 5) is 24.2. The number of ether oxygens (including phenoxy) is 2. The summed E-state index contributed by atoms with van der Waals surface area (Å²) >= 11 is 0. The van der Waals surface area contributed by atoms with E-state index in [-0.39, 0.29) is 18.9 Å². The van der Waals surface area contributed by atoms with Crippen LogP contribution in [0.2, 0.25) is 0 Å². The van der Waals surface area contributed by atoms with Gasteiger partial charge in [-0.2, -0.15) is 5.10 Å². The van der Waals surface area contributed by atoms with Gasteiger partial charge in [0, 0.05) is 12.0 Å². The largest absolute Gasteiger partial charge is 0.490 e. The Morgan fingerprint density at radius 2 is 1.94 bits per heavy atom. The van der Waals surface area contributed by atoms with Crippen molar-refractivity contribution in [2.45, 2.75) is 13.3 Å². The molecule has 0 saturated carbocycles. The average Bonchev–Trinajstić information content (AvgIpc) is 3.08. The molecule has 2 amide bonds. The van der Waals surface area contributed by atoms with E-state index in [2.05, 4.69) is 11.7 Å². The van der Waals surface area contributed by atoms with Crippen LogP contribution >= 0.6 is 0 Å². The second-order valence-corrected chi connectivity index (χ2v) is 6.76. The minimum Gasteiger partial charge on any atom is -0.490 e. The highest BCUT2D eigenvalue weighted by molar-refractivity contribution is 6.33. The predicted octanol–water partition coefficient (Wildman–Crippen LogP) is 3.16. The summed E-state index contributed by atoms with van der Waals surface area (Å²) in [6.07, 6.45) is 3.46. The number of nitrogens with two attached hydrogens (primary N) is 1. The number of benzene rings is 2. The molecule has 0 atom stereocenters. The monoisotopic (exact) mass is 419 g/mol. The first-order valence-corrected chi connectivity index (χ1v) is 10.00.